The van der Waals surface area contributed by atoms with E-state index >= 15 is 0 Å². The van der Waals surface area contributed by atoms with Crippen LogP contribution in [0.5, 0.6) is 0 Å². The Labute approximate surface area is 100.0 Å². The predicted molar refractivity (Wildman–Crippen MR) is 68.1 cm³/mol. The maximum atomic E-state index is 10.5. The molecule has 0 aromatic carbocycles. The Hall–Kier alpha value is 0.880. The van der Waals surface area contributed by atoms with Crippen molar-refractivity contribution >= 4 is 30.2 Å². The first-order valence-corrected chi connectivity index (χ1v) is 8.49. The van der Waals surface area contributed by atoms with Gasteiger partial charge in [-0.1, -0.05) is 54.7 Å². The van der Waals surface area contributed by atoms with Gasteiger partial charge in [0, 0.05) is 6.16 Å². The van der Waals surface area contributed by atoms with Gasteiger partial charge in [0.15, 0.2) is 0 Å². The van der Waals surface area contributed by atoms with E-state index in [1.807, 2.05) is 0 Å². The highest BCUT2D eigenvalue weighted by molar-refractivity contribution is 14.1. The number of alkyl halides is 1. The van der Waals surface area contributed by atoms with Crippen LogP contribution in [0.2, 0.25) is 0 Å². The maximum Gasteiger partial charge on any atom is 0.325 e. The number of halogens is 1. The number of hydrogen-bond donors (Lipinski definition) is 2. The zero-order valence-corrected chi connectivity index (χ0v) is 11.5. The van der Waals surface area contributed by atoms with Crippen molar-refractivity contribution in [2.24, 2.45) is 0 Å². The van der Waals surface area contributed by atoms with Crippen LogP contribution in [0.1, 0.15) is 44.9 Å². The molecule has 0 fully saturated rings. The van der Waals surface area contributed by atoms with Crippen LogP contribution < -0.4 is 0 Å². The van der Waals surface area contributed by atoms with Crippen LogP contribution in [0.25, 0.3) is 0 Å². The molecule has 0 saturated heterocycles. The molecule has 2 N–H and O–H groups in total. The highest BCUT2D eigenvalue weighted by atomic mass is 127. The Morgan fingerprint density at radius 3 is 1.71 bits per heavy atom. The van der Waals surface area contributed by atoms with Crippen molar-refractivity contribution in [2.75, 3.05) is 10.6 Å². The van der Waals surface area contributed by atoms with Crippen LogP contribution in [0, 0.1) is 0 Å². The SMILES string of the molecule is O=P(O)(O)CCCCCCCCCI. The minimum atomic E-state index is -3.73. The molecule has 0 aliphatic rings. The molecule has 0 aromatic rings. The Balaban J connectivity index is 3.03. The lowest BCUT2D eigenvalue weighted by atomic mass is 10.1. The van der Waals surface area contributed by atoms with Crippen LogP contribution in [0.3, 0.4) is 0 Å². The fourth-order valence-corrected chi connectivity index (χ4v) is 2.47. The second-order valence-corrected chi connectivity index (χ2v) is 6.41. The Kier molecular flexibility index (Phi) is 9.70. The molecule has 3 nitrogen and oxygen atoms in total. The van der Waals surface area contributed by atoms with Gasteiger partial charge in [0.2, 0.25) is 0 Å². The molecule has 0 aromatic heterocycles. The van der Waals surface area contributed by atoms with E-state index in [2.05, 4.69) is 22.6 Å². The first-order chi connectivity index (χ1) is 6.56. The lowest BCUT2D eigenvalue weighted by Gasteiger charge is -2.03. The predicted octanol–water partition coefficient (Wildman–Crippen LogP) is 3.33. The van der Waals surface area contributed by atoms with E-state index in [0.29, 0.717) is 6.42 Å². The second kappa shape index (κ2) is 9.13. The monoisotopic (exact) mass is 334 g/mol. The van der Waals surface area contributed by atoms with E-state index in [1.54, 1.807) is 0 Å². The van der Waals surface area contributed by atoms with Crippen molar-refractivity contribution in [2.45, 2.75) is 44.9 Å². The highest BCUT2D eigenvalue weighted by Gasteiger charge is 2.10. The topological polar surface area (TPSA) is 57.5 Å². The molecule has 0 atom stereocenters. The molecule has 0 bridgehead atoms. The van der Waals surface area contributed by atoms with E-state index in [1.165, 1.54) is 30.1 Å². The average Bonchev–Trinajstić information content (AvgIpc) is 2.08. The summed E-state index contributed by atoms with van der Waals surface area (Å²) in [6, 6.07) is 0. The molecule has 0 aliphatic heterocycles. The molecule has 0 amide bonds. The Bertz CT molecular complexity index is 169. The van der Waals surface area contributed by atoms with Crippen LogP contribution in [-0.4, -0.2) is 20.4 Å². The summed E-state index contributed by atoms with van der Waals surface area (Å²) < 4.78 is 11.7. The first-order valence-electron chi connectivity index (χ1n) is 5.17. The zero-order chi connectivity index (χ0) is 10.9. The van der Waals surface area contributed by atoms with Gasteiger partial charge in [0.05, 0.1) is 0 Å². The summed E-state index contributed by atoms with van der Waals surface area (Å²) in [5.41, 5.74) is 0. The van der Waals surface area contributed by atoms with Gasteiger partial charge in [-0.2, -0.15) is 0 Å². The third kappa shape index (κ3) is 12.9. The quantitative estimate of drug-likeness (QED) is 0.294. The fourth-order valence-electron chi connectivity index (χ4n) is 1.30. The van der Waals surface area contributed by atoms with Gasteiger partial charge >= 0.3 is 7.60 Å². The van der Waals surface area contributed by atoms with Crippen molar-refractivity contribution in [1.82, 2.24) is 0 Å². The molecule has 0 saturated carbocycles. The summed E-state index contributed by atoms with van der Waals surface area (Å²) in [6.07, 6.45) is 7.84. The fraction of sp³-hybridized carbons (Fsp3) is 1.00. The first kappa shape index (κ1) is 14.9. The number of unbranched alkanes of at least 4 members (excludes halogenated alkanes) is 6. The molecule has 5 heteroatoms. The van der Waals surface area contributed by atoms with Crippen LogP contribution in [0.4, 0.5) is 0 Å². The van der Waals surface area contributed by atoms with Gasteiger partial charge in [-0.25, -0.2) is 0 Å². The van der Waals surface area contributed by atoms with Crippen LogP contribution in [0.15, 0.2) is 0 Å². The number of rotatable bonds is 9. The van der Waals surface area contributed by atoms with Gasteiger partial charge in [0.25, 0.3) is 0 Å². The summed E-state index contributed by atoms with van der Waals surface area (Å²) >= 11 is 2.38. The Morgan fingerprint density at radius 2 is 1.29 bits per heavy atom. The third-order valence-electron chi connectivity index (χ3n) is 2.08. The molecule has 14 heavy (non-hydrogen) atoms. The van der Waals surface area contributed by atoms with Crippen molar-refractivity contribution in [1.29, 1.82) is 0 Å². The normalized spacial score (nSPS) is 11.9. The summed E-state index contributed by atoms with van der Waals surface area (Å²) in [4.78, 5) is 17.2. The van der Waals surface area contributed by atoms with E-state index in [0.717, 1.165) is 12.8 Å². The molecular weight excluding hydrogens is 314 g/mol. The van der Waals surface area contributed by atoms with Crippen molar-refractivity contribution in [3.8, 4) is 0 Å². The smallest absolute Gasteiger partial charge is 0.324 e. The van der Waals surface area contributed by atoms with Gasteiger partial charge in [-0.3, -0.25) is 4.57 Å². The summed E-state index contributed by atoms with van der Waals surface area (Å²) in [6.45, 7) is 0. The third-order valence-corrected chi connectivity index (χ3v) is 3.74. The van der Waals surface area contributed by atoms with Crippen molar-refractivity contribution in [3.05, 3.63) is 0 Å². The summed E-state index contributed by atoms with van der Waals surface area (Å²) in [5.74, 6) is 0. The Morgan fingerprint density at radius 1 is 0.857 bits per heavy atom. The largest absolute Gasteiger partial charge is 0.325 e. The highest BCUT2D eigenvalue weighted by Crippen LogP contribution is 2.35. The lowest BCUT2D eigenvalue weighted by molar-refractivity contribution is 0.370. The van der Waals surface area contributed by atoms with Crippen molar-refractivity contribution < 1.29 is 14.4 Å². The van der Waals surface area contributed by atoms with E-state index < -0.39 is 7.60 Å². The van der Waals surface area contributed by atoms with E-state index in [9.17, 15) is 4.57 Å². The molecule has 0 heterocycles. The minimum Gasteiger partial charge on any atom is -0.324 e. The standard InChI is InChI=1S/C9H20IO3P/c10-8-6-4-2-1-3-5-7-9-14(11,12)13/h1-9H2,(H2,11,12,13). The molecule has 0 unspecified atom stereocenters. The molecule has 0 spiro atoms. The molecular formula is C9H20IO3P. The molecule has 0 rings (SSSR count). The zero-order valence-electron chi connectivity index (χ0n) is 8.49. The summed E-state index contributed by atoms with van der Waals surface area (Å²) in [7, 11) is -3.73. The van der Waals surface area contributed by atoms with E-state index in [4.69, 9.17) is 9.79 Å². The van der Waals surface area contributed by atoms with Crippen LogP contribution in [-0.2, 0) is 4.57 Å². The molecule has 86 valence electrons. The van der Waals surface area contributed by atoms with Crippen LogP contribution >= 0.6 is 30.2 Å². The van der Waals surface area contributed by atoms with E-state index in [-0.39, 0.29) is 6.16 Å². The van der Waals surface area contributed by atoms with Crippen molar-refractivity contribution in [3.63, 3.8) is 0 Å². The maximum absolute atomic E-state index is 10.5. The van der Waals surface area contributed by atoms with Gasteiger partial charge in [-0.05, 0) is 17.3 Å². The van der Waals surface area contributed by atoms with Gasteiger partial charge in [-0.15, -0.1) is 0 Å². The average molecular weight is 334 g/mol. The molecule has 0 aliphatic carbocycles. The molecule has 0 radical (unpaired) electrons. The van der Waals surface area contributed by atoms with Gasteiger partial charge < -0.3 is 9.79 Å². The number of hydrogen-bond acceptors (Lipinski definition) is 1. The summed E-state index contributed by atoms with van der Waals surface area (Å²) in [5, 5.41) is 0. The second-order valence-electron chi connectivity index (χ2n) is 3.55. The van der Waals surface area contributed by atoms with Gasteiger partial charge in [0.1, 0.15) is 0 Å². The minimum absolute atomic E-state index is 0.0563. The lowest BCUT2D eigenvalue weighted by Crippen LogP contribution is -1.88.